The summed E-state index contributed by atoms with van der Waals surface area (Å²) < 4.78 is 21.8. The molecule has 2 aliphatic carbocycles. The Morgan fingerprint density at radius 1 is 0.921 bits per heavy atom. The number of hydrogen-bond donors (Lipinski definition) is 2. The number of methoxy groups -OCH3 is 4. The fourth-order valence-corrected chi connectivity index (χ4v) is 4.27. The maximum atomic E-state index is 12.6. The Hall–Kier alpha value is -2.96. The Balaban J connectivity index is 0.00000352. The van der Waals surface area contributed by atoms with E-state index < -0.39 is 11.8 Å². The van der Waals surface area contributed by atoms with Gasteiger partial charge in [-0.05, 0) is 50.0 Å². The van der Waals surface area contributed by atoms with Gasteiger partial charge in [0, 0.05) is 21.2 Å². The summed E-state index contributed by atoms with van der Waals surface area (Å²) in [4.78, 5) is 25.9. The number of hydrogen-bond acceptors (Lipinski definition) is 8. The van der Waals surface area contributed by atoms with Crippen LogP contribution in [0.25, 0.3) is 0 Å². The zero-order valence-electron chi connectivity index (χ0n) is 23.5. The molecule has 2 atom stereocenters. The second-order valence-electron chi connectivity index (χ2n) is 8.05. The summed E-state index contributed by atoms with van der Waals surface area (Å²) in [6.07, 6.45) is 10.2. The minimum absolute atomic E-state index is 0.00304. The first-order valence-corrected chi connectivity index (χ1v) is 13.1. The maximum Gasteiger partial charge on any atom is 0.329 e. The lowest BCUT2D eigenvalue weighted by atomic mass is 9.99. The Morgan fingerprint density at radius 3 is 2.11 bits per heavy atom. The highest BCUT2D eigenvalue weighted by atomic mass is 32.1. The van der Waals surface area contributed by atoms with Crippen LogP contribution >= 0.6 is 24.4 Å². The van der Waals surface area contributed by atoms with Gasteiger partial charge in [-0.1, -0.05) is 38.3 Å². The third-order valence-electron chi connectivity index (χ3n) is 5.78. The number of carbonyl (C=O) groups excluding carboxylic acids is 2. The zero-order chi connectivity index (χ0) is 28.8. The lowest BCUT2D eigenvalue weighted by Gasteiger charge is -2.29. The largest absolute Gasteiger partial charge is 0.501 e. The number of ether oxygens (including phenoxy) is 4. The number of hydrazine groups is 2. The van der Waals surface area contributed by atoms with E-state index in [1.165, 1.54) is 24.2 Å². The number of nitrogens with one attached hydrogen (secondary N) is 2. The van der Waals surface area contributed by atoms with E-state index >= 15 is 0 Å². The fraction of sp³-hybridized carbons (Fsp3) is 0.538. The first kappa shape index (κ1) is 33.1. The number of carbonyl (C=O) groups is 2. The normalized spacial score (nSPS) is 18.7. The van der Waals surface area contributed by atoms with Crippen LogP contribution in [0.3, 0.4) is 0 Å². The van der Waals surface area contributed by atoms with Crippen LogP contribution in [0.5, 0.6) is 0 Å². The summed E-state index contributed by atoms with van der Waals surface area (Å²) in [6, 6.07) is 0. The number of thiocarbonyl (C=S) groups is 2. The van der Waals surface area contributed by atoms with E-state index in [4.69, 9.17) is 43.4 Å². The molecule has 2 unspecified atom stereocenters. The zero-order valence-corrected chi connectivity index (χ0v) is 25.1. The van der Waals surface area contributed by atoms with E-state index in [2.05, 4.69) is 10.9 Å². The minimum atomic E-state index is -0.924. The molecule has 38 heavy (non-hydrogen) atoms. The van der Waals surface area contributed by atoms with Gasteiger partial charge in [0.05, 0.1) is 38.9 Å². The van der Waals surface area contributed by atoms with E-state index in [9.17, 15) is 9.59 Å². The molecule has 0 fully saturated rings. The van der Waals surface area contributed by atoms with Crippen molar-refractivity contribution in [1.82, 2.24) is 20.9 Å². The molecule has 0 saturated carbocycles. The molecule has 0 aliphatic heterocycles. The highest BCUT2D eigenvalue weighted by Gasteiger charge is 2.30. The molecule has 0 aromatic carbocycles. The topological polar surface area (TPSA) is 102 Å². The van der Waals surface area contributed by atoms with Gasteiger partial charge in [-0.15, -0.1) is 0 Å². The molecular weight excluding hydrogens is 528 g/mol. The predicted octanol–water partition coefficient (Wildman–Crippen LogP) is 3.33. The summed E-state index contributed by atoms with van der Waals surface area (Å²) in [7, 11) is 9.42. The highest BCUT2D eigenvalue weighted by Crippen LogP contribution is 2.28. The first-order chi connectivity index (χ1) is 18.2. The smallest absolute Gasteiger partial charge is 0.329 e. The van der Waals surface area contributed by atoms with Gasteiger partial charge >= 0.3 is 11.8 Å². The number of allylic oxidation sites excluding steroid dienone is 4. The van der Waals surface area contributed by atoms with Gasteiger partial charge in [-0.2, -0.15) is 0 Å². The fourth-order valence-electron chi connectivity index (χ4n) is 3.81. The molecule has 12 heteroatoms. The Labute approximate surface area is 236 Å². The molecule has 0 heterocycles. The van der Waals surface area contributed by atoms with Crippen LogP contribution in [0.2, 0.25) is 0 Å². The average Bonchev–Trinajstić information content (AvgIpc) is 3.28. The van der Waals surface area contributed by atoms with Crippen LogP contribution in [0, 0.1) is 5.92 Å². The molecule has 2 N–H and O–H groups in total. The number of rotatable bonds is 6. The molecule has 0 saturated heterocycles. The van der Waals surface area contributed by atoms with Crippen LogP contribution in [0.4, 0.5) is 0 Å². The lowest BCUT2D eigenvalue weighted by Crippen LogP contribution is -2.54. The van der Waals surface area contributed by atoms with Crippen LogP contribution in [-0.4, -0.2) is 80.4 Å². The maximum absolute atomic E-state index is 12.6. The van der Waals surface area contributed by atoms with Crippen LogP contribution in [-0.2, 0) is 28.5 Å². The average molecular weight is 569 g/mol. The van der Waals surface area contributed by atoms with Gasteiger partial charge in [0.15, 0.2) is 0 Å². The first-order valence-electron chi connectivity index (χ1n) is 12.3. The molecule has 0 aromatic heterocycles. The monoisotopic (exact) mass is 568 g/mol. The van der Waals surface area contributed by atoms with E-state index in [1.807, 2.05) is 32.1 Å². The Bertz CT molecular complexity index is 992. The van der Waals surface area contributed by atoms with Gasteiger partial charge < -0.3 is 18.9 Å². The Kier molecular flexibility index (Phi) is 14.6. The molecule has 2 aliphatic rings. The minimum Gasteiger partial charge on any atom is -0.501 e. The summed E-state index contributed by atoms with van der Waals surface area (Å²) in [5.41, 5.74) is 5.52. The molecule has 10 nitrogen and oxygen atoms in total. The predicted molar refractivity (Wildman–Crippen MR) is 154 cm³/mol. The van der Waals surface area contributed by atoms with Crippen molar-refractivity contribution >= 4 is 46.2 Å². The second-order valence-corrected chi connectivity index (χ2v) is 8.86. The molecule has 0 radical (unpaired) electrons. The highest BCUT2D eigenvalue weighted by molar-refractivity contribution is 7.80. The van der Waals surface area contributed by atoms with Crippen molar-refractivity contribution in [3.8, 4) is 0 Å². The van der Waals surface area contributed by atoms with Crippen LogP contribution in [0.1, 0.15) is 39.5 Å². The van der Waals surface area contributed by atoms with Gasteiger partial charge in [0.2, 0.25) is 0 Å². The number of likely N-dealkylation sites (N-methyl/N-ethyl adjacent to an activating group) is 1. The third kappa shape index (κ3) is 9.10. The van der Waals surface area contributed by atoms with Crippen molar-refractivity contribution in [3.63, 3.8) is 0 Å². The lowest BCUT2D eigenvalue weighted by molar-refractivity contribution is -0.142. The van der Waals surface area contributed by atoms with Crippen molar-refractivity contribution < 1.29 is 28.5 Å². The van der Waals surface area contributed by atoms with Gasteiger partial charge in [-0.25, -0.2) is 0 Å². The summed E-state index contributed by atoms with van der Waals surface area (Å²) in [5, 5.41) is 2.62. The quantitative estimate of drug-likeness (QED) is 0.282. The molecule has 2 amide bonds. The number of amides is 2. The SMILES string of the molecule is CC.COC1=CCC=C(OC)C(C(=S)N(C)NC(=O)C(=O)NN(C)C(=S)C2CC(OC)CCC=C2OC)=C1. The van der Waals surface area contributed by atoms with Gasteiger partial charge in [0.25, 0.3) is 0 Å². The van der Waals surface area contributed by atoms with Crippen molar-refractivity contribution in [2.75, 3.05) is 42.5 Å². The Morgan fingerprint density at radius 2 is 1.55 bits per heavy atom. The molecule has 212 valence electrons. The summed E-state index contributed by atoms with van der Waals surface area (Å²) in [5.74, 6) is -0.291. The van der Waals surface area contributed by atoms with E-state index in [0.717, 1.165) is 12.8 Å². The standard InChI is InChI=1S/C24H34N4O6S2.C2H6/c1-27(23(35)17-13-15(31-3)9-7-11-19(17)33-5)25-21(29)22(30)26-28(2)24(36)18-14-16(32-4)10-8-12-20(18)34-6;1-2/h9,11-13,16,18H,7-8,10,14H2,1-6H3,(H,25,29)(H,26,30);1-2H3. The van der Waals surface area contributed by atoms with Crippen LogP contribution < -0.4 is 10.9 Å². The molecule has 0 bridgehead atoms. The summed E-state index contributed by atoms with van der Waals surface area (Å²) >= 11 is 11.1. The second kappa shape index (κ2) is 16.8. The molecule has 0 aromatic rings. The summed E-state index contributed by atoms with van der Waals surface area (Å²) in [6.45, 7) is 4.00. The molecular formula is C26H40N4O6S2. The molecule has 2 rings (SSSR count). The van der Waals surface area contributed by atoms with E-state index in [-0.39, 0.29) is 17.0 Å². The van der Waals surface area contributed by atoms with Gasteiger partial charge in [0.1, 0.15) is 27.3 Å². The van der Waals surface area contributed by atoms with Gasteiger partial charge in [-0.3, -0.25) is 30.5 Å². The van der Waals surface area contributed by atoms with Crippen LogP contribution in [0.15, 0.2) is 47.2 Å². The van der Waals surface area contributed by atoms with Crippen molar-refractivity contribution in [1.29, 1.82) is 0 Å². The van der Waals surface area contributed by atoms with Crippen molar-refractivity contribution in [3.05, 3.63) is 47.2 Å². The molecule has 0 spiro atoms. The number of nitrogens with zero attached hydrogens (tertiary/aromatic N) is 2. The van der Waals surface area contributed by atoms with E-state index in [0.29, 0.717) is 40.7 Å². The van der Waals surface area contributed by atoms with E-state index in [1.54, 1.807) is 34.5 Å². The van der Waals surface area contributed by atoms with Crippen molar-refractivity contribution in [2.45, 2.75) is 45.6 Å². The third-order valence-corrected chi connectivity index (χ3v) is 6.84. The van der Waals surface area contributed by atoms with Crippen molar-refractivity contribution in [2.24, 2.45) is 5.92 Å².